The molecule has 1 amide bonds. The number of rotatable bonds is 5. The number of amides is 1. The van der Waals surface area contributed by atoms with E-state index in [1.807, 2.05) is 0 Å². The molecule has 1 aliphatic heterocycles. The largest absolute Gasteiger partial charge is 0.353 e. The van der Waals surface area contributed by atoms with E-state index >= 15 is 0 Å². The van der Waals surface area contributed by atoms with Gasteiger partial charge in [0, 0.05) is 25.0 Å². The van der Waals surface area contributed by atoms with Crippen LogP contribution in [0.5, 0.6) is 0 Å². The van der Waals surface area contributed by atoms with Crippen LogP contribution in [0, 0.1) is 23.7 Å². The first kappa shape index (κ1) is 21.4. The van der Waals surface area contributed by atoms with Gasteiger partial charge in [0.1, 0.15) is 4.90 Å². The van der Waals surface area contributed by atoms with Crippen molar-refractivity contribution < 1.29 is 13.2 Å². The van der Waals surface area contributed by atoms with Gasteiger partial charge < -0.3 is 5.32 Å². The van der Waals surface area contributed by atoms with Gasteiger partial charge in [0.25, 0.3) is 0 Å². The fraction of sp³-hybridized carbons (Fsp3) is 0.667. The standard InChI is InChI=1S/C21H28Cl2N2O3S/c1-13(17-12-14-5-6-16(17)11-14)24-21(26)15-7-9-25(10-8-15)29(27,28)20-18(22)3-2-4-19(20)23/h2-4,13-17H,5-12H2,1H3,(H,24,26)/t13-,14-,16-,17+/m0/s1. The van der Waals surface area contributed by atoms with Gasteiger partial charge in [-0.3, -0.25) is 4.79 Å². The summed E-state index contributed by atoms with van der Waals surface area (Å²) in [6.07, 6.45) is 6.24. The summed E-state index contributed by atoms with van der Waals surface area (Å²) in [5.41, 5.74) is 0. The number of hydrogen-bond acceptors (Lipinski definition) is 3. The molecule has 1 saturated heterocycles. The van der Waals surface area contributed by atoms with Gasteiger partial charge in [-0.15, -0.1) is 0 Å². The van der Waals surface area contributed by atoms with Crippen molar-refractivity contribution in [1.82, 2.24) is 9.62 Å². The molecule has 1 aromatic rings. The number of nitrogens with one attached hydrogen (secondary N) is 1. The van der Waals surface area contributed by atoms with Crippen molar-refractivity contribution in [3.05, 3.63) is 28.2 Å². The van der Waals surface area contributed by atoms with Crippen LogP contribution in [0.1, 0.15) is 45.4 Å². The Hall–Kier alpha value is -0.820. The number of halogens is 2. The van der Waals surface area contributed by atoms with Crippen molar-refractivity contribution in [3.63, 3.8) is 0 Å². The van der Waals surface area contributed by atoms with E-state index in [0.717, 1.165) is 11.8 Å². The lowest BCUT2D eigenvalue weighted by Crippen LogP contribution is -2.47. The number of carbonyl (C=O) groups excluding carboxylic acids is 1. The van der Waals surface area contributed by atoms with Crippen molar-refractivity contribution in [3.8, 4) is 0 Å². The Labute approximate surface area is 183 Å². The van der Waals surface area contributed by atoms with Crippen molar-refractivity contribution >= 4 is 39.1 Å². The summed E-state index contributed by atoms with van der Waals surface area (Å²) in [4.78, 5) is 12.7. The highest BCUT2D eigenvalue weighted by Gasteiger charge is 2.42. The molecular weight excluding hydrogens is 431 g/mol. The van der Waals surface area contributed by atoms with E-state index in [-0.39, 0.29) is 32.8 Å². The lowest BCUT2D eigenvalue weighted by Gasteiger charge is -2.33. The molecule has 1 aromatic carbocycles. The quantitative estimate of drug-likeness (QED) is 0.713. The van der Waals surface area contributed by atoms with Crippen molar-refractivity contribution in [1.29, 1.82) is 0 Å². The molecule has 2 bridgehead atoms. The zero-order valence-corrected chi connectivity index (χ0v) is 18.9. The van der Waals surface area contributed by atoms with Crippen LogP contribution in [0.3, 0.4) is 0 Å². The van der Waals surface area contributed by atoms with E-state index in [4.69, 9.17) is 23.2 Å². The summed E-state index contributed by atoms with van der Waals surface area (Å²) in [6.45, 7) is 2.72. The number of nitrogens with zero attached hydrogens (tertiary/aromatic N) is 1. The number of fused-ring (bicyclic) bond motifs is 2. The average Bonchev–Trinajstić information content (AvgIpc) is 3.31. The second-order valence-corrected chi connectivity index (χ2v) is 11.6. The third kappa shape index (κ3) is 4.18. The van der Waals surface area contributed by atoms with Crippen LogP contribution >= 0.6 is 23.2 Å². The smallest absolute Gasteiger partial charge is 0.246 e. The fourth-order valence-corrected chi connectivity index (χ4v) is 8.13. The minimum absolute atomic E-state index is 0.0452. The number of hydrogen-bond donors (Lipinski definition) is 1. The predicted octanol–water partition coefficient (Wildman–Crippen LogP) is 4.34. The molecule has 1 N–H and O–H groups in total. The zero-order valence-electron chi connectivity index (χ0n) is 16.6. The number of piperidine rings is 1. The summed E-state index contributed by atoms with van der Waals surface area (Å²) in [7, 11) is -3.78. The maximum absolute atomic E-state index is 13.0. The highest BCUT2D eigenvalue weighted by molar-refractivity contribution is 7.89. The summed E-state index contributed by atoms with van der Waals surface area (Å²) < 4.78 is 27.4. The first-order chi connectivity index (χ1) is 13.8. The van der Waals surface area contributed by atoms with E-state index < -0.39 is 10.0 Å². The average molecular weight is 459 g/mol. The van der Waals surface area contributed by atoms with Crippen molar-refractivity contribution in [2.75, 3.05) is 13.1 Å². The van der Waals surface area contributed by atoms with Crippen LogP contribution in [0.25, 0.3) is 0 Å². The van der Waals surface area contributed by atoms with E-state index in [1.54, 1.807) is 6.07 Å². The molecule has 5 nitrogen and oxygen atoms in total. The topological polar surface area (TPSA) is 66.5 Å². The molecule has 3 aliphatic rings. The molecule has 3 fully saturated rings. The van der Waals surface area contributed by atoms with Crippen molar-refractivity contribution in [2.45, 2.75) is 56.4 Å². The summed E-state index contributed by atoms with van der Waals surface area (Å²) in [5.74, 6) is 2.13. The van der Waals surface area contributed by atoms with Crippen molar-refractivity contribution in [2.24, 2.45) is 23.7 Å². The van der Waals surface area contributed by atoms with Gasteiger partial charge in [-0.25, -0.2) is 8.42 Å². The minimum Gasteiger partial charge on any atom is -0.353 e. The first-order valence-corrected chi connectivity index (χ1v) is 12.7. The Morgan fingerprint density at radius 3 is 2.31 bits per heavy atom. The SMILES string of the molecule is C[C@H](NC(=O)C1CCN(S(=O)(=O)c2c(Cl)cccc2Cl)CC1)[C@H]1C[C@H]2CC[C@H]1C2. The molecule has 2 saturated carbocycles. The van der Waals surface area contributed by atoms with E-state index in [0.29, 0.717) is 31.8 Å². The molecular formula is C21H28Cl2N2O3S. The van der Waals surface area contributed by atoms with Crippen LogP contribution in [0.4, 0.5) is 0 Å². The monoisotopic (exact) mass is 458 g/mol. The third-order valence-corrected chi connectivity index (χ3v) is 10.0. The molecule has 4 atom stereocenters. The predicted molar refractivity (Wildman–Crippen MR) is 114 cm³/mol. The highest BCUT2D eigenvalue weighted by atomic mass is 35.5. The van der Waals surface area contributed by atoms with Crippen LogP contribution in [-0.4, -0.2) is 37.8 Å². The van der Waals surface area contributed by atoms with E-state index in [2.05, 4.69) is 12.2 Å². The Kier molecular flexibility index (Phi) is 6.18. The molecule has 29 heavy (non-hydrogen) atoms. The Bertz CT molecular complexity index is 864. The highest BCUT2D eigenvalue weighted by Crippen LogP contribution is 2.49. The first-order valence-electron chi connectivity index (χ1n) is 10.5. The summed E-state index contributed by atoms with van der Waals surface area (Å²) in [5, 5.41) is 3.48. The molecule has 160 valence electrons. The molecule has 4 rings (SSSR count). The van der Waals surface area contributed by atoms with Gasteiger partial charge in [0.05, 0.1) is 10.0 Å². The van der Waals surface area contributed by atoms with E-state index in [1.165, 1.54) is 42.1 Å². The molecule has 0 aromatic heterocycles. The number of benzene rings is 1. The normalized spacial score (nSPS) is 29.1. The maximum Gasteiger partial charge on any atom is 0.246 e. The molecule has 0 spiro atoms. The van der Waals surface area contributed by atoms with Gasteiger partial charge in [0.15, 0.2) is 0 Å². The molecule has 2 aliphatic carbocycles. The van der Waals surface area contributed by atoms with Crippen LogP contribution in [0.2, 0.25) is 10.0 Å². The zero-order chi connectivity index (χ0) is 20.8. The van der Waals surface area contributed by atoms with Gasteiger partial charge in [-0.1, -0.05) is 35.7 Å². The Morgan fingerprint density at radius 2 is 1.76 bits per heavy atom. The van der Waals surface area contributed by atoms with Gasteiger partial charge in [-0.05, 0) is 68.9 Å². The van der Waals surface area contributed by atoms with Crippen LogP contribution < -0.4 is 5.32 Å². The number of sulfonamides is 1. The maximum atomic E-state index is 13.0. The fourth-order valence-electron chi connectivity index (χ4n) is 5.57. The van der Waals surface area contributed by atoms with Crippen LogP contribution in [-0.2, 0) is 14.8 Å². The van der Waals surface area contributed by atoms with Crippen LogP contribution in [0.15, 0.2) is 23.1 Å². The van der Waals surface area contributed by atoms with Gasteiger partial charge in [-0.2, -0.15) is 4.31 Å². The molecule has 0 unspecified atom stereocenters. The van der Waals surface area contributed by atoms with Gasteiger partial charge in [0.2, 0.25) is 15.9 Å². The summed E-state index contributed by atoms with van der Waals surface area (Å²) in [6, 6.07) is 4.87. The molecule has 8 heteroatoms. The lowest BCUT2D eigenvalue weighted by atomic mass is 9.83. The Balaban J connectivity index is 1.35. The lowest BCUT2D eigenvalue weighted by molar-refractivity contribution is -0.127. The second-order valence-electron chi connectivity index (χ2n) is 8.87. The molecule has 1 heterocycles. The third-order valence-electron chi connectivity index (χ3n) is 7.15. The Morgan fingerprint density at radius 1 is 1.10 bits per heavy atom. The number of carbonyl (C=O) groups is 1. The summed E-state index contributed by atoms with van der Waals surface area (Å²) >= 11 is 12.2. The van der Waals surface area contributed by atoms with E-state index in [9.17, 15) is 13.2 Å². The second kappa shape index (κ2) is 8.37. The minimum atomic E-state index is -3.78. The molecule has 0 radical (unpaired) electrons. The van der Waals surface area contributed by atoms with Gasteiger partial charge >= 0.3 is 0 Å².